The minimum Gasteiger partial charge on any atom is -0.478 e. The molecule has 1 saturated carbocycles. The molecule has 26 heavy (non-hydrogen) atoms. The van der Waals surface area contributed by atoms with E-state index in [2.05, 4.69) is 15.6 Å². The van der Waals surface area contributed by atoms with Crippen LogP contribution in [0.1, 0.15) is 46.2 Å². The molecule has 2 N–H and O–H groups in total. The minimum absolute atomic E-state index is 0.0631. The number of carbonyl (C=O) groups is 2. The summed E-state index contributed by atoms with van der Waals surface area (Å²) >= 11 is 6.05. The zero-order valence-corrected chi connectivity index (χ0v) is 15.2. The molecule has 1 aromatic carbocycles. The first kappa shape index (κ1) is 18.2. The number of carbonyl (C=O) groups excluding carboxylic acids is 2. The molecule has 1 aliphatic rings. The summed E-state index contributed by atoms with van der Waals surface area (Å²) in [5.74, 6) is -0.0907. The van der Waals surface area contributed by atoms with E-state index < -0.39 is 0 Å². The average molecular weight is 374 g/mol. The summed E-state index contributed by atoms with van der Waals surface area (Å²) in [6, 6.07) is 10.7. The molecule has 1 aromatic heterocycles. The van der Waals surface area contributed by atoms with Crippen LogP contribution in [-0.2, 0) is 6.54 Å². The lowest BCUT2D eigenvalue weighted by Gasteiger charge is -2.09. The number of rotatable bonds is 7. The normalized spacial score (nSPS) is 13.2. The van der Waals surface area contributed by atoms with Crippen LogP contribution in [0.2, 0.25) is 5.02 Å². The number of hydrogen-bond donors (Lipinski definition) is 2. The molecule has 3 rings (SSSR count). The summed E-state index contributed by atoms with van der Waals surface area (Å²) in [5, 5.41) is 5.98. The zero-order chi connectivity index (χ0) is 18.5. The molecular weight excluding hydrogens is 354 g/mol. The molecule has 0 aliphatic heterocycles. The average Bonchev–Trinajstić information content (AvgIpc) is 3.46. The highest BCUT2D eigenvalue weighted by molar-refractivity contribution is 6.33. The Labute approximate surface area is 156 Å². The first-order valence-electron chi connectivity index (χ1n) is 8.54. The Kier molecular flexibility index (Phi) is 5.73. The summed E-state index contributed by atoms with van der Waals surface area (Å²) in [7, 11) is 0. The van der Waals surface area contributed by atoms with Gasteiger partial charge in [0.2, 0.25) is 5.88 Å². The van der Waals surface area contributed by atoms with Crippen LogP contribution in [-0.4, -0.2) is 29.4 Å². The van der Waals surface area contributed by atoms with E-state index in [0.29, 0.717) is 30.6 Å². The van der Waals surface area contributed by atoms with Gasteiger partial charge in [0.25, 0.3) is 11.8 Å². The van der Waals surface area contributed by atoms with E-state index in [-0.39, 0.29) is 22.5 Å². The number of hydrogen-bond acceptors (Lipinski definition) is 4. The summed E-state index contributed by atoms with van der Waals surface area (Å²) in [6.07, 6.45) is 2.11. The van der Waals surface area contributed by atoms with Gasteiger partial charge in [-0.2, -0.15) is 0 Å². The van der Waals surface area contributed by atoms with Crippen LogP contribution in [0.25, 0.3) is 0 Å². The van der Waals surface area contributed by atoms with Crippen molar-refractivity contribution in [1.29, 1.82) is 0 Å². The zero-order valence-electron chi connectivity index (χ0n) is 14.4. The van der Waals surface area contributed by atoms with Gasteiger partial charge in [-0.1, -0.05) is 23.7 Å². The van der Waals surface area contributed by atoms with Gasteiger partial charge in [-0.15, -0.1) is 0 Å². The van der Waals surface area contributed by atoms with Crippen molar-refractivity contribution >= 4 is 23.4 Å². The Hall–Kier alpha value is -2.60. The minimum atomic E-state index is -0.382. The predicted molar refractivity (Wildman–Crippen MR) is 98.5 cm³/mol. The van der Waals surface area contributed by atoms with E-state index in [4.69, 9.17) is 16.3 Å². The highest BCUT2D eigenvalue weighted by atomic mass is 35.5. The SMILES string of the molecule is CCOc1ccc(Cl)c(C(=O)NCc2ccc(C(=O)NC3CC3)cc2)n1. The topological polar surface area (TPSA) is 80.3 Å². The lowest BCUT2D eigenvalue weighted by atomic mass is 10.1. The lowest BCUT2D eigenvalue weighted by Crippen LogP contribution is -2.26. The Bertz CT molecular complexity index is 804. The van der Waals surface area contributed by atoms with Gasteiger partial charge < -0.3 is 15.4 Å². The van der Waals surface area contributed by atoms with Gasteiger partial charge in [0.15, 0.2) is 5.69 Å². The Morgan fingerprint density at radius 1 is 1.15 bits per heavy atom. The van der Waals surface area contributed by atoms with Gasteiger partial charge >= 0.3 is 0 Å². The smallest absolute Gasteiger partial charge is 0.271 e. The van der Waals surface area contributed by atoms with Crippen molar-refractivity contribution in [2.75, 3.05) is 6.61 Å². The van der Waals surface area contributed by atoms with Crippen LogP contribution in [0.3, 0.4) is 0 Å². The quantitative estimate of drug-likeness (QED) is 0.782. The Balaban J connectivity index is 1.58. The maximum Gasteiger partial charge on any atom is 0.271 e. The van der Waals surface area contributed by atoms with Crippen LogP contribution in [0.15, 0.2) is 36.4 Å². The van der Waals surface area contributed by atoms with E-state index in [0.717, 1.165) is 18.4 Å². The number of pyridine rings is 1. The van der Waals surface area contributed by atoms with E-state index in [1.807, 2.05) is 19.1 Å². The van der Waals surface area contributed by atoms with Crippen molar-refractivity contribution in [3.8, 4) is 5.88 Å². The molecule has 2 aromatic rings. The second-order valence-corrected chi connectivity index (χ2v) is 6.45. The van der Waals surface area contributed by atoms with E-state index in [1.54, 1.807) is 24.3 Å². The molecule has 1 heterocycles. The standard InChI is InChI=1S/C19H20ClN3O3/c1-2-26-16-10-9-15(20)17(23-16)19(25)21-11-12-3-5-13(6-4-12)18(24)22-14-7-8-14/h3-6,9-10,14H,2,7-8,11H2,1H3,(H,21,25)(H,22,24). The lowest BCUT2D eigenvalue weighted by molar-refractivity contribution is 0.0938. The van der Waals surface area contributed by atoms with Crippen molar-refractivity contribution in [1.82, 2.24) is 15.6 Å². The monoisotopic (exact) mass is 373 g/mol. The highest BCUT2D eigenvalue weighted by Gasteiger charge is 2.23. The fourth-order valence-electron chi connectivity index (χ4n) is 2.35. The molecule has 0 unspecified atom stereocenters. The van der Waals surface area contributed by atoms with Crippen LogP contribution < -0.4 is 15.4 Å². The van der Waals surface area contributed by atoms with E-state index >= 15 is 0 Å². The maximum absolute atomic E-state index is 12.3. The first-order chi connectivity index (χ1) is 12.6. The Morgan fingerprint density at radius 2 is 1.88 bits per heavy atom. The first-order valence-corrected chi connectivity index (χ1v) is 8.92. The van der Waals surface area contributed by atoms with Gasteiger partial charge in [-0.25, -0.2) is 4.98 Å². The number of amides is 2. The number of halogens is 1. The largest absolute Gasteiger partial charge is 0.478 e. The van der Waals surface area contributed by atoms with Crippen LogP contribution in [0.4, 0.5) is 0 Å². The van der Waals surface area contributed by atoms with Crippen molar-refractivity contribution in [3.05, 3.63) is 58.2 Å². The summed E-state index contributed by atoms with van der Waals surface area (Å²) < 4.78 is 5.29. The number of nitrogens with zero attached hydrogens (tertiary/aromatic N) is 1. The molecule has 7 heteroatoms. The van der Waals surface area contributed by atoms with E-state index in [1.165, 1.54) is 0 Å². The van der Waals surface area contributed by atoms with Gasteiger partial charge in [-0.05, 0) is 43.5 Å². The third-order valence-corrected chi connectivity index (χ3v) is 4.21. The third-order valence-electron chi connectivity index (χ3n) is 3.91. The molecular formula is C19H20ClN3O3. The summed E-state index contributed by atoms with van der Waals surface area (Å²) in [6.45, 7) is 2.60. The number of benzene rings is 1. The molecule has 0 spiro atoms. The van der Waals surface area contributed by atoms with Gasteiger partial charge in [0, 0.05) is 24.2 Å². The molecule has 0 saturated heterocycles. The second kappa shape index (κ2) is 8.19. The van der Waals surface area contributed by atoms with Crippen LogP contribution in [0.5, 0.6) is 5.88 Å². The fraction of sp³-hybridized carbons (Fsp3) is 0.316. The molecule has 136 valence electrons. The number of ether oxygens (including phenoxy) is 1. The Morgan fingerprint density at radius 3 is 2.54 bits per heavy atom. The van der Waals surface area contributed by atoms with Gasteiger partial charge in [0.05, 0.1) is 11.6 Å². The molecule has 6 nitrogen and oxygen atoms in total. The third kappa shape index (κ3) is 4.73. The molecule has 1 aliphatic carbocycles. The maximum atomic E-state index is 12.3. The molecule has 1 fully saturated rings. The highest BCUT2D eigenvalue weighted by Crippen LogP contribution is 2.20. The summed E-state index contributed by atoms with van der Waals surface area (Å²) in [4.78, 5) is 28.4. The van der Waals surface area contributed by atoms with Gasteiger partial charge in [-0.3, -0.25) is 9.59 Å². The van der Waals surface area contributed by atoms with Crippen LogP contribution in [0, 0.1) is 0 Å². The van der Waals surface area contributed by atoms with Crippen LogP contribution >= 0.6 is 11.6 Å². The molecule has 0 radical (unpaired) electrons. The fourth-order valence-corrected chi connectivity index (χ4v) is 2.54. The molecule has 0 atom stereocenters. The van der Waals surface area contributed by atoms with Gasteiger partial charge in [0.1, 0.15) is 0 Å². The number of nitrogens with one attached hydrogen (secondary N) is 2. The molecule has 0 bridgehead atoms. The molecule has 2 amide bonds. The predicted octanol–water partition coefficient (Wildman–Crippen LogP) is 2.96. The van der Waals surface area contributed by atoms with Crippen molar-refractivity contribution in [2.24, 2.45) is 0 Å². The van der Waals surface area contributed by atoms with E-state index in [9.17, 15) is 9.59 Å². The van der Waals surface area contributed by atoms with Crippen molar-refractivity contribution < 1.29 is 14.3 Å². The van der Waals surface area contributed by atoms with Crippen molar-refractivity contribution in [2.45, 2.75) is 32.4 Å². The summed E-state index contributed by atoms with van der Waals surface area (Å²) in [5.41, 5.74) is 1.61. The number of aromatic nitrogens is 1. The van der Waals surface area contributed by atoms with Crippen molar-refractivity contribution in [3.63, 3.8) is 0 Å². The second-order valence-electron chi connectivity index (χ2n) is 6.04.